The Morgan fingerprint density at radius 1 is 1.33 bits per heavy atom. The summed E-state index contributed by atoms with van der Waals surface area (Å²) in [5.41, 5.74) is 1.27. The molecule has 3 nitrogen and oxygen atoms in total. The standard InChI is InChI=1S/C11H13NO2S/c1-4-10(3)12-15(13,14)11-7-5-9(2)6-8-11/h4-8,12H,1,3H2,2H3. The number of benzene rings is 1. The third kappa shape index (κ3) is 2.95. The molecule has 0 aromatic heterocycles. The molecule has 0 saturated carbocycles. The minimum atomic E-state index is -3.51. The number of sulfonamides is 1. The molecule has 4 heteroatoms. The van der Waals surface area contributed by atoms with Crippen LogP contribution in [0.15, 0.2) is 54.1 Å². The van der Waals surface area contributed by atoms with Crippen molar-refractivity contribution in [3.05, 3.63) is 54.8 Å². The van der Waals surface area contributed by atoms with E-state index in [0.29, 0.717) is 0 Å². The number of allylic oxidation sites excluding steroid dienone is 1. The molecule has 0 unspecified atom stereocenters. The summed E-state index contributed by atoms with van der Waals surface area (Å²) in [4.78, 5) is 0.219. The predicted octanol–water partition coefficient (Wildman–Crippen LogP) is 1.97. The second-order valence-electron chi connectivity index (χ2n) is 3.15. The van der Waals surface area contributed by atoms with E-state index in [2.05, 4.69) is 17.9 Å². The highest BCUT2D eigenvalue weighted by Crippen LogP contribution is 2.10. The van der Waals surface area contributed by atoms with Gasteiger partial charge in [0.25, 0.3) is 10.0 Å². The summed E-state index contributed by atoms with van der Waals surface area (Å²) >= 11 is 0. The van der Waals surface area contributed by atoms with Gasteiger partial charge in [-0.2, -0.15) is 0 Å². The molecule has 0 heterocycles. The first-order valence-electron chi connectivity index (χ1n) is 4.36. The largest absolute Gasteiger partial charge is 0.280 e. The Morgan fingerprint density at radius 2 is 1.87 bits per heavy atom. The van der Waals surface area contributed by atoms with Gasteiger partial charge in [0.2, 0.25) is 0 Å². The monoisotopic (exact) mass is 223 g/mol. The molecular formula is C11H13NO2S. The molecule has 0 aliphatic rings. The van der Waals surface area contributed by atoms with E-state index < -0.39 is 10.0 Å². The first kappa shape index (κ1) is 11.5. The zero-order valence-electron chi connectivity index (χ0n) is 8.53. The van der Waals surface area contributed by atoms with Crippen LogP contribution < -0.4 is 4.72 Å². The van der Waals surface area contributed by atoms with E-state index >= 15 is 0 Å². The average Bonchev–Trinajstić information content (AvgIpc) is 2.17. The highest BCUT2D eigenvalue weighted by atomic mass is 32.2. The molecule has 0 atom stereocenters. The molecule has 0 aliphatic heterocycles. The van der Waals surface area contributed by atoms with E-state index in [-0.39, 0.29) is 10.6 Å². The Hall–Kier alpha value is -1.55. The lowest BCUT2D eigenvalue weighted by Gasteiger charge is -2.07. The van der Waals surface area contributed by atoms with Crippen LogP contribution in [0.5, 0.6) is 0 Å². The van der Waals surface area contributed by atoms with Crippen molar-refractivity contribution in [3.8, 4) is 0 Å². The molecule has 1 rings (SSSR count). The Labute approximate surface area is 90.2 Å². The van der Waals surface area contributed by atoms with Crippen LogP contribution in [0.1, 0.15) is 5.56 Å². The summed E-state index contributed by atoms with van der Waals surface area (Å²) in [7, 11) is -3.51. The number of nitrogens with one attached hydrogen (secondary N) is 1. The smallest absolute Gasteiger partial charge is 0.261 e. The number of hydrogen-bond acceptors (Lipinski definition) is 2. The third-order valence-corrected chi connectivity index (χ3v) is 3.27. The maximum Gasteiger partial charge on any atom is 0.261 e. The maximum absolute atomic E-state index is 11.7. The SMILES string of the molecule is C=CC(=C)NS(=O)(=O)c1ccc(C)cc1. The quantitative estimate of drug-likeness (QED) is 0.793. The van der Waals surface area contributed by atoms with E-state index in [1.807, 2.05) is 6.92 Å². The maximum atomic E-state index is 11.7. The minimum Gasteiger partial charge on any atom is -0.280 e. The fraction of sp³-hybridized carbons (Fsp3) is 0.0909. The Bertz CT molecular complexity index is 472. The van der Waals surface area contributed by atoms with Crippen molar-refractivity contribution < 1.29 is 8.42 Å². The van der Waals surface area contributed by atoms with Crippen LogP contribution in [0.25, 0.3) is 0 Å². The molecule has 1 aromatic carbocycles. The molecule has 0 aliphatic carbocycles. The Kier molecular flexibility index (Phi) is 3.31. The lowest BCUT2D eigenvalue weighted by Crippen LogP contribution is -2.21. The molecule has 0 fully saturated rings. The molecule has 1 N–H and O–H groups in total. The van der Waals surface area contributed by atoms with Crippen molar-refractivity contribution >= 4 is 10.0 Å². The highest BCUT2D eigenvalue weighted by Gasteiger charge is 2.12. The van der Waals surface area contributed by atoms with Gasteiger partial charge in [-0.25, -0.2) is 8.42 Å². The Morgan fingerprint density at radius 3 is 2.33 bits per heavy atom. The van der Waals surface area contributed by atoms with Crippen LogP contribution in [-0.4, -0.2) is 8.42 Å². The number of hydrogen-bond donors (Lipinski definition) is 1. The van der Waals surface area contributed by atoms with E-state index in [9.17, 15) is 8.42 Å². The van der Waals surface area contributed by atoms with E-state index in [1.54, 1.807) is 24.3 Å². The molecule has 0 spiro atoms. The average molecular weight is 223 g/mol. The number of rotatable bonds is 4. The molecule has 80 valence electrons. The van der Waals surface area contributed by atoms with Crippen molar-refractivity contribution in [1.82, 2.24) is 4.72 Å². The van der Waals surface area contributed by atoms with Crippen LogP contribution in [0.4, 0.5) is 0 Å². The van der Waals surface area contributed by atoms with Crippen LogP contribution in [0.2, 0.25) is 0 Å². The van der Waals surface area contributed by atoms with Gasteiger partial charge in [-0.3, -0.25) is 4.72 Å². The van der Waals surface area contributed by atoms with Crippen molar-refractivity contribution in [3.63, 3.8) is 0 Å². The van der Waals surface area contributed by atoms with Gasteiger partial charge >= 0.3 is 0 Å². The van der Waals surface area contributed by atoms with Gasteiger partial charge in [0, 0.05) is 5.70 Å². The zero-order chi connectivity index (χ0) is 11.5. The summed E-state index contributed by atoms with van der Waals surface area (Å²) in [5.74, 6) is 0. The van der Waals surface area contributed by atoms with E-state index in [0.717, 1.165) is 5.56 Å². The molecule has 0 radical (unpaired) electrons. The molecule has 15 heavy (non-hydrogen) atoms. The fourth-order valence-corrected chi connectivity index (χ4v) is 2.03. The van der Waals surface area contributed by atoms with Crippen molar-refractivity contribution in [1.29, 1.82) is 0 Å². The van der Waals surface area contributed by atoms with Gasteiger partial charge in [0.15, 0.2) is 0 Å². The van der Waals surface area contributed by atoms with Gasteiger partial charge < -0.3 is 0 Å². The summed E-state index contributed by atoms with van der Waals surface area (Å²) in [6, 6.07) is 6.58. The first-order valence-corrected chi connectivity index (χ1v) is 5.85. The van der Waals surface area contributed by atoms with Gasteiger partial charge in [0.1, 0.15) is 0 Å². The molecule has 1 aromatic rings. The third-order valence-electron chi connectivity index (χ3n) is 1.84. The summed E-state index contributed by atoms with van der Waals surface area (Å²) in [6.07, 6.45) is 1.35. The minimum absolute atomic E-state index is 0.219. The topological polar surface area (TPSA) is 46.2 Å². The second-order valence-corrected chi connectivity index (χ2v) is 4.83. The van der Waals surface area contributed by atoms with Crippen LogP contribution in [0, 0.1) is 6.92 Å². The van der Waals surface area contributed by atoms with Crippen LogP contribution in [-0.2, 0) is 10.0 Å². The lowest BCUT2D eigenvalue weighted by atomic mass is 10.2. The lowest BCUT2D eigenvalue weighted by molar-refractivity contribution is 0.589. The zero-order valence-corrected chi connectivity index (χ0v) is 9.34. The van der Waals surface area contributed by atoms with Crippen LogP contribution in [0.3, 0.4) is 0 Å². The summed E-state index contributed by atoms with van der Waals surface area (Å²) < 4.78 is 25.7. The highest BCUT2D eigenvalue weighted by molar-refractivity contribution is 7.89. The summed E-state index contributed by atoms with van der Waals surface area (Å²) in [6.45, 7) is 8.81. The van der Waals surface area contributed by atoms with Gasteiger partial charge in [0.05, 0.1) is 4.90 Å². The van der Waals surface area contributed by atoms with Crippen LogP contribution >= 0.6 is 0 Å². The van der Waals surface area contributed by atoms with Gasteiger partial charge in [-0.1, -0.05) is 30.9 Å². The van der Waals surface area contributed by atoms with Crippen molar-refractivity contribution in [2.45, 2.75) is 11.8 Å². The van der Waals surface area contributed by atoms with Crippen molar-refractivity contribution in [2.75, 3.05) is 0 Å². The van der Waals surface area contributed by atoms with E-state index in [4.69, 9.17) is 0 Å². The molecule has 0 amide bonds. The molecular weight excluding hydrogens is 210 g/mol. The Balaban J connectivity index is 3.01. The number of aryl methyl sites for hydroxylation is 1. The van der Waals surface area contributed by atoms with Crippen molar-refractivity contribution in [2.24, 2.45) is 0 Å². The first-order chi connectivity index (χ1) is 6.95. The molecule has 0 bridgehead atoms. The summed E-state index contributed by atoms with van der Waals surface area (Å²) in [5, 5.41) is 0. The second kappa shape index (κ2) is 4.31. The predicted molar refractivity (Wildman–Crippen MR) is 60.8 cm³/mol. The fourth-order valence-electron chi connectivity index (χ4n) is 0.991. The molecule has 0 saturated heterocycles. The van der Waals surface area contributed by atoms with E-state index in [1.165, 1.54) is 6.08 Å². The normalized spacial score (nSPS) is 10.7. The van der Waals surface area contributed by atoms with Gasteiger partial charge in [-0.05, 0) is 25.1 Å². The van der Waals surface area contributed by atoms with Gasteiger partial charge in [-0.15, -0.1) is 0 Å².